The first-order valence-electron chi connectivity index (χ1n) is 9.68. The van der Waals surface area contributed by atoms with Crippen molar-refractivity contribution in [2.24, 2.45) is 10.5 Å². The molecule has 1 spiro atoms. The van der Waals surface area contributed by atoms with E-state index in [0.717, 1.165) is 16.8 Å². The predicted octanol–water partition coefficient (Wildman–Crippen LogP) is 4.54. The number of ether oxygens (including phenoxy) is 1. The molecule has 2 heterocycles. The fourth-order valence-corrected chi connectivity index (χ4v) is 4.46. The molecule has 1 amide bonds. The van der Waals surface area contributed by atoms with Crippen LogP contribution in [0.25, 0.3) is 0 Å². The second kappa shape index (κ2) is 7.26. The van der Waals surface area contributed by atoms with Crippen LogP contribution in [0.1, 0.15) is 44.7 Å². The van der Waals surface area contributed by atoms with Gasteiger partial charge in [-0.15, -0.1) is 0 Å². The Hall–Kier alpha value is -2.73. The van der Waals surface area contributed by atoms with Gasteiger partial charge in [-0.05, 0) is 56.0 Å². The Kier molecular flexibility index (Phi) is 4.90. The maximum absolute atomic E-state index is 13.5. The smallest absolute Gasteiger partial charge is 0.334 e. The molecule has 5 nitrogen and oxygen atoms in total. The Bertz CT molecular complexity index is 987. The number of hydrogen-bond acceptors (Lipinski definition) is 5. The van der Waals surface area contributed by atoms with E-state index in [1.54, 1.807) is 16.3 Å². The molecule has 1 aromatic heterocycles. The minimum atomic E-state index is -0.824. The lowest BCUT2D eigenvalue weighted by Gasteiger charge is -2.31. The number of thiophene rings is 1. The summed E-state index contributed by atoms with van der Waals surface area (Å²) in [5, 5.41) is 10.3. The van der Waals surface area contributed by atoms with E-state index in [1.165, 1.54) is 0 Å². The standard InChI is InChI=1S/C23H24N2O3S/c1-22(2,3)25-21(27)23(19(24-25)18-10-12-29-15-18)11-9-17(13-23)20(26)28-14-16-7-5-4-6-8-16/h4-10,12,15H,11,13-14H2,1-3H3/t23-/m1/s1. The van der Waals surface area contributed by atoms with E-state index in [9.17, 15) is 9.59 Å². The number of allylic oxidation sites excluding steroid dienone is 1. The lowest BCUT2D eigenvalue weighted by Crippen LogP contribution is -2.45. The summed E-state index contributed by atoms with van der Waals surface area (Å²) in [6.07, 6.45) is 2.63. The third-order valence-corrected chi connectivity index (χ3v) is 6.03. The molecule has 2 aromatic rings. The van der Waals surface area contributed by atoms with Gasteiger partial charge in [0, 0.05) is 11.1 Å². The Morgan fingerprint density at radius 3 is 2.66 bits per heavy atom. The first-order chi connectivity index (χ1) is 13.8. The summed E-state index contributed by atoms with van der Waals surface area (Å²) in [6, 6.07) is 11.6. The highest BCUT2D eigenvalue weighted by Crippen LogP contribution is 2.48. The third-order valence-electron chi connectivity index (χ3n) is 5.35. The van der Waals surface area contributed by atoms with Crippen molar-refractivity contribution < 1.29 is 14.3 Å². The first kappa shape index (κ1) is 19.6. The fourth-order valence-electron chi connectivity index (χ4n) is 3.81. The van der Waals surface area contributed by atoms with Crippen molar-refractivity contribution in [3.05, 3.63) is 69.9 Å². The summed E-state index contributed by atoms with van der Waals surface area (Å²) in [5.41, 5.74) is 1.93. The van der Waals surface area contributed by atoms with Crippen LogP contribution in [0.3, 0.4) is 0 Å². The minimum absolute atomic E-state index is 0.0479. The zero-order valence-corrected chi connectivity index (χ0v) is 17.7. The highest BCUT2D eigenvalue weighted by atomic mass is 32.1. The summed E-state index contributed by atoms with van der Waals surface area (Å²) in [5.74, 6) is -0.411. The van der Waals surface area contributed by atoms with E-state index in [-0.39, 0.29) is 18.5 Å². The Morgan fingerprint density at radius 2 is 2.00 bits per heavy atom. The van der Waals surface area contributed by atoms with E-state index in [4.69, 9.17) is 9.84 Å². The largest absolute Gasteiger partial charge is 0.457 e. The van der Waals surface area contributed by atoms with Crippen LogP contribution in [0.5, 0.6) is 0 Å². The Morgan fingerprint density at radius 1 is 1.24 bits per heavy atom. The van der Waals surface area contributed by atoms with Crippen molar-refractivity contribution in [2.45, 2.75) is 45.8 Å². The molecule has 1 atom stereocenters. The minimum Gasteiger partial charge on any atom is -0.457 e. The number of nitrogens with zero attached hydrogens (tertiary/aromatic N) is 2. The molecule has 6 heteroatoms. The summed E-state index contributed by atoms with van der Waals surface area (Å²) in [7, 11) is 0. The van der Waals surface area contributed by atoms with Gasteiger partial charge in [-0.1, -0.05) is 36.4 Å². The predicted molar refractivity (Wildman–Crippen MR) is 113 cm³/mol. The van der Waals surface area contributed by atoms with Gasteiger partial charge < -0.3 is 4.74 Å². The Balaban J connectivity index is 1.56. The van der Waals surface area contributed by atoms with Crippen molar-refractivity contribution in [3.8, 4) is 0 Å². The highest BCUT2D eigenvalue weighted by Gasteiger charge is 2.56. The van der Waals surface area contributed by atoms with Crippen molar-refractivity contribution in [1.29, 1.82) is 0 Å². The van der Waals surface area contributed by atoms with E-state index >= 15 is 0 Å². The molecule has 0 radical (unpaired) electrons. The van der Waals surface area contributed by atoms with Gasteiger partial charge >= 0.3 is 5.97 Å². The second-order valence-electron chi connectivity index (χ2n) is 8.50. The van der Waals surface area contributed by atoms with Crippen LogP contribution in [0.4, 0.5) is 0 Å². The number of hydrazone groups is 1. The number of esters is 1. The van der Waals surface area contributed by atoms with E-state index < -0.39 is 11.0 Å². The van der Waals surface area contributed by atoms with Gasteiger partial charge in [-0.3, -0.25) is 4.79 Å². The molecule has 29 heavy (non-hydrogen) atoms. The summed E-state index contributed by atoms with van der Waals surface area (Å²) in [6.45, 7) is 6.12. The van der Waals surface area contributed by atoms with Gasteiger partial charge in [0.15, 0.2) is 0 Å². The zero-order valence-electron chi connectivity index (χ0n) is 16.8. The van der Waals surface area contributed by atoms with Crippen molar-refractivity contribution >= 4 is 28.9 Å². The van der Waals surface area contributed by atoms with Gasteiger partial charge in [0.2, 0.25) is 0 Å². The average Bonchev–Trinajstić information content (AvgIpc) is 3.42. The maximum atomic E-state index is 13.5. The lowest BCUT2D eigenvalue weighted by molar-refractivity contribution is -0.141. The number of rotatable bonds is 4. The zero-order chi connectivity index (χ0) is 20.6. The molecule has 0 bridgehead atoms. The summed E-state index contributed by atoms with van der Waals surface area (Å²) >= 11 is 1.57. The highest BCUT2D eigenvalue weighted by molar-refractivity contribution is 7.08. The van der Waals surface area contributed by atoms with Crippen molar-refractivity contribution in [2.75, 3.05) is 0 Å². The van der Waals surface area contributed by atoms with Gasteiger partial charge in [0.1, 0.15) is 12.0 Å². The number of benzene rings is 1. The lowest BCUT2D eigenvalue weighted by atomic mass is 9.77. The van der Waals surface area contributed by atoms with Gasteiger partial charge in [0.05, 0.1) is 11.3 Å². The molecule has 0 saturated heterocycles. The number of amides is 1. The van der Waals surface area contributed by atoms with Crippen LogP contribution >= 0.6 is 11.3 Å². The van der Waals surface area contributed by atoms with Crippen LogP contribution in [0, 0.1) is 5.41 Å². The molecule has 4 rings (SSSR count). The van der Waals surface area contributed by atoms with Crippen LogP contribution in [0.2, 0.25) is 0 Å². The van der Waals surface area contributed by atoms with Gasteiger partial charge in [-0.2, -0.15) is 16.4 Å². The Labute approximate surface area is 174 Å². The second-order valence-corrected chi connectivity index (χ2v) is 9.28. The summed E-state index contributed by atoms with van der Waals surface area (Å²) < 4.78 is 5.50. The quantitative estimate of drug-likeness (QED) is 0.698. The molecule has 150 valence electrons. The van der Waals surface area contributed by atoms with Gasteiger partial charge in [-0.25, -0.2) is 9.80 Å². The van der Waals surface area contributed by atoms with E-state index in [0.29, 0.717) is 18.4 Å². The van der Waals surface area contributed by atoms with Crippen molar-refractivity contribution in [1.82, 2.24) is 5.01 Å². The normalized spacial score (nSPS) is 21.5. The SMILES string of the molecule is CC(C)(C)N1N=C(c2ccsc2)[C@]2(CC=C(C(=O)OCc3ccccc3)C2)C1=O. The number of carbonyl (C=O) groups excluding carboxylic acids is 2. The number of carbonyl (C=O) groups is 2. The molecular formula is C23H24N2O3S. The molecule has 2 aliphatic rings. The van der Waals surface area contributed by atoms with Crippen LogP contribution in [0.15, 0.2) is 63.9 Å². The molecular weight excluding hydrogens is 384 g/mol. The van der Waals surface area contributed by atoms with Crippen LogP contribution in [-0.2, 0) is 20.9 Å². The number of hydrogen-bond donors (Lipinski definition) is 0. The van der Waals surface area contributed by atoms with Crippen molar-refractivity contribution in [3.63, 3.8) is 0 Å². The van der Waals surface area contributed by atoms with E-state index in [1.807, 2.05) is 74.0 Å². The average molecular weight is 409 g/mol. The molecule has 0 saturated carbocycles. The molecule has 1 aliphatic carbocycles. The molecule has 0 unspecified atom stereocenters. The molecule has 0 N–H and O–H groups in total. The van der Waals surface area contributed by atoms with Crippen LogP contribution < -0.4 is 0 Å². The van der Waals surface area contributed by atoms with E-state index in [2.05, 4.69) is 0 Å². The monoisotopic (exact) mass is 408 g/mol. The fraction of sp³-hybridized carbons (Fsp3) is 0.348. The van der Waals surface area contributed by atoms with Crippen LogP contribution in [-0.4, -0.2) is 28.1 Å². The molecule has 1 aliphatic heterocycles. The van der Waals surface area contributed by atoms with Gasteiger partial charge in [0.25, 0.3) is 5.91 Å². The molecule has 1 aromatic carbocycles. The topological polar surface area (TPSA) is 59.0 Å². The molecule has 0 fully saturated rings. The third kappa shape index (κ3) is 3.53. The first-order valence-corrected chi connectivity index (χ1v) is 10.6. The maximum Gasteiger partial charge on any atom is 0.334 e. The summed E-state index contributed by atoms with van der Waals surface area (Å²) in [4.78, 5) is 26.1.